The third-order valence-corrected chi connectivity index (χ3v) is 2.76. The van der Waals surface area contributed by atoms with E-state index in [4.69, 9.17) is 5.73 Å². The van der Waals surface area contributed by atoms with Gasteiger partial charge in [0.2, 0.25) is 11.8 Å². The fourth-order valence-electron chi connectivity index (χ4n) is 1.43. The van der Waals surface area contributed by atoms with E-state index in [1.807, 2.05) is 19.9 Å². The topological polar surface area (TPSA) is 72.2 Å². The predicted octanol–water partition coefficient (Wildman–Crippen LogP) is 1.38. The van der Waals surface area contributed by atoms with Gasteiger partial charge in [-0.2, -0.15) is 0 Å². The zero-order chi connectivity index (χ0) is 12.8. The van der Waals surface area contributed by atoms with E-state index in [9.17, 15) is 9.59 Å². The SMILES string of the molecule is CCC(C)C(=O)NC(C(N)=O)c1ccccc1. The number of nitrogens with one attached hydrogen (secondary N) is 1. The third-order valence-electron chi connectivity index (χ3n) is 2.76. The van der Waals surface area contributed by atoms with Crippen molar-refractivity contribution in [3.63, 3.8) is 0 Å². The monoisotopic (exact) mass is 234 g/mol. The summed E-state index contributed by atoms with van der Waals surface area (Å²) >= 11 is 0. The molecule has 0 bridgehead atoms. The number of rotatable bonds is 5. The van der Waals surface area contributed by atoms with Crippen molar-refractivity contribution < 1.29 is 9.59 Å². The summed E-state index contributed by atoms with van der Waals surface area (Å²) in [6.07, 6.45) is 0.728. The molecule has 4 heteroatoms. The van der Waals surface area contributed by atoms with Crippen molar-refractivity contribution in [2.24, 2.45) is 11.7 Å². The summed E-state index contributed by atoms with van der Waals surface area (Å²) in [6, 6.07) is 8.25. The van der Waals surface area contributed by atoms with Gasteiger partial charge in [0.05, 0.1) is 0 Å². The van der Waals surface area contributed by atoms with Crippen molar-refractivity contribution in [1.29, 1.82) is 0 Å². The molecule has 92 valence electrons. The fraction of sp³-hybridized carbons (Fsp3) is 0.385. The molecule has 0 spiro atoms. The lowest BCUT2D eigenvalue weighted by Crippen LogP contribution is -2.39. The number of primary amides is 1. The molecule has 2 unspecified atom stereocenters. The average Bonchev–Trinajstić information content (AvgIpc) is 2.35. The highest BCUT2D eigenvalue weighted by Crippen LogP contribution is 2.13. The van der Waals surface area contributed by atoms with E-state index < -0.39 is 11.9 Å². The highest BCUT2D eigenvalue weighted by molar-refractivity contribution is 5.88. The minimum absolute atomic E-state index is 0.124. The molecular formula is C13H18N2O2. The molecule has 0 aliphatic carbocycles. The Hall–Kier alpha value is -1.84. The van der Waals surface area contributed by atoms with Gasteiger partial charge in [-0.25, -0.2) is 0 Å². The van der Waals surface area contributed by atoms with Crippen LogP contribution in [0, 0.1) is 5.92 Å². The van der Waals surface area contributed by atoms with E-state index in [-0.39, 0.29) is 11.8 Å². The second kappa shape index (κ2) is 6.03. The van der Waals surface area contributed by atoms with Crippen LogP contribution in [0.25, 0.3) is 0 Å². The van der Waals surface area contributed by atoms with Gasteiger partial charge in [-0.15, -0.1) is 0 Å². The van der Waals surface area contributed by atoms with Gasteiger partial charge in [0, 0.05) is 5.92 Å². The standard InChI is InChI=1S/C13H18N2O2/c1-3-9(2)13(17)15-11(12(14)16)10-7-5-4-6-8-10/h4-9,11H,3H2,1-2H3,(H2,14,16)(H,15,17). The fourth-order valence-corrected chi connectivity index (χ4v) is 1.43. The molecule has 4 nitrogen and oxygen atoms in total. The molecule has 0 fully saturated rings. The summed E-state index contributed by atoms with van der Waals surface area (Å²) < 4.78 is 0. The zero-order valence-corrected chi connectivity index (χ0v) is 10.1. The van der Waals surface area contributed by atoms with E-state index in [0.717, 1.165) is 6.42 Å². The Labute approximate surface area is 101 Å². The van der Waals surface area contributed by atoms with Crippen molar-refractivity contribution in [2.45, 2.75) is 26.3 Å². The molecule has 0 heterocycles. The Morgan fingerprint density at radius 1 is 1.29 bits per heavy atom. The van der Waals surface area contributed by atoms with Gasteiger partial charge in [0.1, 0.15) is 6.04 Å². The average molecular weight is 234 g/mol. The molecule has 0 aromatic heterocycles. The molecule has 2 amide bonds. The molecule has 0 saturated carbocycles. The minimum Gasteiger partial charge on any atom is -0.368 e. The van der Waals surface area contributed by atoms with Crippen LogP contribution in [-0.4, -0.2) is 11.8 Å². The van der Waals surface area contributed by atoms with Crippen LogP contribution in [0.2, 0.25) is 0 Å². The van der Waals surface area contributed by atoms with Gasteiger partial charge in [-0.3, -0.25) is 9.59 Å². The molecule has 0 radical (unpaired) electrons. The molecule has 0 aliphatic rings. The van der Waals surface area contributed by atoms with Crippen LogP contribution in [0.3, 0.4) is 0 Å². The second-order valence-corrected chi connectivity index (χ2v) is 4.06. The number of amides is 2. The van der Waals surface area contributed by atoms with Crippen LogP contribution in [0.5, 0.6) is 0 Å². The van der Waals surface area contributed by atoms with Gasteiger partial charge in [-0.05, 0) is 12.0 Å². The van der Waals surface area contributed by atoms with Crippen LogP contribution >= 0.6 is 0 Å². The van der Waals surface area contributed by atoms with Gasteiger partial charge >= 0.3 is 0 Å². The van der Waals surface area contributed by atoms with E-state index >= 15 is 0 Å². The molecule has 2 atom stereocenters. The Kier molecular flexibility index (Phi) is 4.69. The van der Waals surface area contributed by atoms with Crippen LogP contribution in [0.4, 0.5) is 0 Å². The molecule has 17 heavy (non-hydrogen) atoms. The van der Waals surface area contributed by atoms with E-state index in [2.05, 4.69) is 5.32 Å². The molecule has 0 aliphatic heterocycles. The molecule has 1 aromatic rings. The number of carbonyl (C=O) groups is 2. The first-order valence-electron chi connectivity index (χ1n) is 5.71. The van der Waals surface area contributed by atoms with Crippen LogP contribution in [0.15, 0.2) is 30.3 Å². The number of hydrogen-bond acceptors (Lipinski definition) is 2. The highest BCUT2D eigenvalue weighted by Gasteiger charge is 2.21. The van der Waals surface area contributed by atoms with E-state index in [1.54, 1.807) is 24.3 Å². The predicted molar refractivity (Wildman–Crippen MR) is 66.0 cm³/mol. The Bertz CT molecular complexity index is 390. The largest absolute Gasteiger partial charge is 0.368 e. The quantitative estimate of drug-likeness (QED) is 0.807. The van der Waals surface area contributed by atoms with E-state index in [1.165, 1.54) is 0 Å². The third kappa shape index (κ3) is 3.59. The number of carbonyl (C=O) groups excluding carboxylic acids is 2. The lowest BCUT2D eigenvalue weighted by molar-refractivity contribution is -0.129. The molecule has 0 saturated heterocycles. The lowest BCUT2D eigenvalue weighted by atomic mass is 10.0. The highest BCUT2D eigenvalue weighted by atomic mass is 16.2. The normalized spacial score (nSPS) is 13.8. The van der Waals surface area contributed by atoms with Crippen molar-refractivity contribution in [3.8, 4) is 0 Å². The number of hydrogen-bond donors (Lipinski definition) is 2. The molecule has 1 aromatic carbocycles. The summed E-state index contributed by atoms with van der Waals surface area (Å²) in [5.41, 5.74) is 6.01. The molecular weight excluding hydrogens is 216 g/mol. The van der Waals surface area contributed by atoms with Crippen molar-refractivity contribution in [2.75, 3.05) is 0 Å². The second-order valence-electron chi connectivity index (χ2n) is 4.06. The summed E-state index contributed by atoms with van der Waals surface area (Å²) in [4.78, 5) is 23.1. The van der Waals surface area contributed by atoms with Gasteiger partial charge in [-0.1, -0.05) is 44.2 Å². The Balaban J connectivity index is 2.82. The Morgan fingerprint density at radius 2 is 1.88 bits per heavy atom. The first-order chi connectivity index (χ1) is 8.06. The maximum Gasteiger partial charge on any atom is 0.244 e. The maximum atomic E-state index is 11.7. The summed E-state index contributed by atoms with van der Waals surface area (Å²) in [5, 5.41) is 2.67. The zero-order valence-electron chi connectivity index (χ0n) is 10.1. The maximum absolute atomic E-state index is 11.7. The summed E-state index contributed by atoms with van der Waals surface area (Å²) in [5.74, 6) is -0.825. The smallest absolute Gasteiger partial charge is 0.244 e. The van der Waals surface area contributed by atoms with Gasteiger partial charge in [0.25, 0.3) is 0 Å². The molecule has 1 rings (SSSR count). The first-order valence-corrected chi connectivity index (χ1v) is 5.71. The van der Waals surface area contributed by atoms with Crippen molar-refractivity contribution in [1.82, 2.24) is 5.32 Å². The van der Waals surface area contributed by atoms with Crippen LogP contribution in [-0.2, 0) is 9.59 Å². The lowest BCUT2D eigenvalue weighted by Gasteiger charge is -2.18. The minimum atomic E-state index is -0.752. The number of nitrogens with two attached hydrogens (primary N) is 1. The molecule has 3 N–H and O–H groups in total. The Morgan fingerprint density at radius 3 is 2.35 bits per heavy atom. The van der Waals surface area contributed by atoms with Crippen molar-refractivity contribution >= 4 is 11.8 Å². The van der Waals surface area contributed by atoms with Crippen LogP contribution in [0.1, 0.15) is 31.9 Å². The first kappa shape index (κ1) is 13.2. The van der Waals surface area contributed by atoms with Crippen molar-refractivity contribution in [3.05, 3.63) is 35.9 Å². The van der Waals surface area contributed by atoms with E-state index in [0.29, 0.717) is 5.56 Å². The number of benzene rings is 1. The summed E-state index contributed by atoms with van der Waals surface area (Å²) in [7, 11) is 0. The van der Waals surface area contributed by atoms with Gasteiger partial charge < -0.3 is 11.1 Å². The van der Waals surface area contributed by atoms with Crippen LogP contribution < -0.4 is 11.1 Å². The van der Waals surface area contributed by atoms with Gasteiger partial charge in [0.15, 0.2) is 0 Å². The summed E-state index contributed by atoms with van der Waals surface area (Å²) in [6.45, 7) is 3.74.